The van der Waals surface area contributed by atoms with E-state index in [1.165, 1.54) is 0 Å². The van der Waals surface area contributed by atoms with E-state index < -0.39 is 0 Å². The number of halogens is 1. The molecule has 1 heterocycles. The van der Waals surface area contributed by atoms with Gasteiger partial charge in [-0.1, -0.05) is 55.1 Å². The quantitative estimate of drug-likeness (QED) is 0.832. The zero-order valence-electron chi connectivity index (χ0n) is 11.5. The SMILES string of the molecule is C=C/C(C1=Nc2ccc(Cl)cc2CO1)=c1/ccccc1=C. The molecule has 0 radical (unpaired) electrons. The van der Waals surface area contributed by atoms with Crippen LogP contribution in [0.1, 0.15) is 5.56 Å². The zero-order chi connectivity index (χ0) is 14.8. The Hall–Kier alpha value is -2.32. The fraction of sp³-hybridized carbons (Fsp3) is 0.0556. The molecule has 21 heavy (non-hydrogen) atoms. The van der Waals surface area contributed by atoms with E-state index >= 15 is 0 Å². The summed E-state index contributed by atoms with van der Waals surface area (Å²) in [7, 11) is 0. The summed E-state index contributed by atoms with van der Waals surface area (Å²) in [5.74, 6) is 0.566. The van der Waals surface area contributed by atoms with Gasteiger partial charge in [-0.3, -0.25) is 0 Å². The molecular weight excluding hydrogens is 282 g/mol. The van der Waals surface area contributed by atoms with Gasteiger partial charge in [-0.2, -0.15) is 0 Å². The highest BCUT2D eigenvalue weighted by Gasteiger charge is 2.16. The summed E-state index contributed by atoms with van der Waals surface area (Å²) in [6.07, 6.45) is 1.75. The standard InChI is InChI=1S/C18H14ClNO/c1-3-15(16-7-5-4-6-12(16)2)18-20-17-9-8-14(19)10-13(17)11-21-18/h3-10H,1-2,11H2/b16-15+. The molecule has 2 aromatic rings. The highest BCUT2D eigenvalue weighted by molar-refractivity contribution is 6.30. The van der Waals surface area contributed by atoms with Gasteiger partial charge in [0.25, 0.3) is 0 Å². The van der Waals surface area contributed by atoms with Crippen LogP contribution in [0.3, 0.4) is 0 Å². The fourth-order valence-electron chi connectivity index (χ4n) is 2.30. The average Bonchev–Trinajstić information content (AvgIpc) is 2.50. The number of ether oxygens (including phenoxy) is 1. The summed E-state index contributed by atoms with van der Waals surface area (Å²) in [6.45, 7) is 8.37. The number of aliphatic imine (C=N–C) groups is 1. The van der Waals surface area contributed by atoms with Gasteiger partial charge in [-0.05, 0) is 28.6 Å². The van der Waals surface area contributed by atoms with E-state index in [1.54, 1.807) is 6.08 Å². The van der Waals surface area contributed by atoms with Crippen LogP contribution >= 0.6 is 11.6 Å². The lowest BCUT2D eigenvalue weighted by atomic mass is 10.1. The summed E-state index contributed by atoms with van der Waals surface area (Å²) in [4.78, 5) is 4.57. The number of benzene rings is 2. The van der Waals surface area contributed by atoms with Crippen molar-refractivity contribution in [1.82, 2.24) is 0 Å². The molecule has 3 rings (SSSR count). The van der Waals surface area contributed by atoms with Gasteiger partial charge < -0.3 is 4.74 Å². The van der Waals surface area contributed by atoms with E-state index in [0.717, 1.165) is 27.3 Å². The fourth-order valence-corrected chi connectivity index (χ4v) is 2.49. The van der Waals surface area contributed by atoms with Crippen molar-refractivity contribution in [3.8, 4) is 0 Å². The molecule has 1 aliphatic rings. The molecule has 0 aromatic heterocycles. The number of fused-ring (bicyclic) bond motifs is 1. The molecule has 0 bridgehead atoms. The molecule has 1 aliphatic heterocycles. The van der Waals surface area contributed by atoms with Crippen molar-refractivity contribution in [3.63, 3.8) is 0 Å². The lowest BCUT2D eigenvalue weighted by Crippen LogP contribution is -2.28. The first kappa shape index (κ1) is 13.7. The minimum atomic E-state index is 0.450. The molecule has 0 unspecified atom stereocenters. The largest absolute Gasteiger partial charge is 0.472 e. The Morgan fingerprint density at radius 1 is 1.24 bits per heavy atom. The molecule has 0 saturated heterocycles. The molecule has 3 heteroatoms. The molecule has 0 aliphatic carbocycles. The lowest BCUT2D eigenvalue weighted by Gasteiger charge is -2.17. The molecule has 0 saturated carbocycles. The van der Waals surface area contributed by atoms with Crippen LogP contribution in [0.4, 0.5) is 5.69 Å². The Kier molecular flexibility index (Phi) is 3.63. The zero-order valence-corrected chi connectivity index (χ0v) is 12.2. The predicted octanol–water partition coefficient (Wildman–Crippen LogP) is 3.35. The maximum absolute atomic E-state index is 5.99. The maximum Gasteiger partial charge on any atom is 0.222 e. The first-order valence-electron chi connectivity index (χ1n) is 6.60. The van der Waals surface area contributed by atoms with E-state index in [9.17, 15) is 0 Å². The minimum absolute atomic E-state index is 0.450. The van der Waals surface area contributed by atoms with Crippen LogP contribution in [-0.2, 0) is 11.3 Å². The van der Waals surface area contributed by atoms with Crippen LogP contribution in [0.5, 0.6) is 0 Å². The van der Waals surface area contributed by atoms with Crippen molar-refractivity contribution in [2.75, 3.05) is 0 Å². The second-order valence-electron chi connectivity index (χ2n) is 4.75. The molecule has 2 nitrogen and oxygen atoms in total. The second-order valence-corrected chi connectivity index (χ2v) is 5.19. The van der Waals surface area contributed by atoms with E-state index in [-0.39, 0.29) is 0 Å². The Morgan fingerprint density at radius 3 is 2.81 bits per heavy atom. The van der Waals surface area contributed by atoms with E-state index in [2.05, 4.69) is 18.2 Å². The highest BCUT2D eigenvalue weighted by Crippen LogP contribution is 2.28. The van der Waals surface area contributed by atoms with Crippen LogP contribution in [0.25, 0.3) is 12.2 Å². The Morgan fingerprint density at radius 2 is 2.05 bits per heavy atom. The maximum atomic E-state index is 5.99. The smallest absolute Gasteiger partial charge is 0.222 e. The molecule has 0 fully saturated rings. The summed E-state index contributed by atoms with van der Waals surface area (Å²) < 4.78 is 5.78. The molecule has 0 atom stereocenters. The molecule has 2 aromatic carbocycles. The van der Waals surface area contributed by atoms with Gasteiger partial charge in [-0.25, -0.2) is 4.99 Å². The Labute approximate surface area is 128 Å². The van der Waals surface area contributed by atoms with Crippen LogP contribution < -0.4 is 10.4 Å². The molecular formula is C18H14ClNO. The second kappa shape index (κ2) is 5.58. The van der Waals surface area contributed by atoms with Gasteiger partial charge >= 0.3 is 0 Å². The predicted molar refractivity (Wildman–Crippen MR) is 88.2 cm³/mol. The van der Waals surface area contributed by atoms with E-state index in [4.69, 9.17) is 16.3 Å². The highest BCUT2D eigenvalue weighted by atomic mass is 35.5. The van der Waals surface area contributed by atoms with Gasteiger partial charge in [0.05, 0.1) is 5.69 Å². The number of nitrogens with zero attached hydrogens (tertiary/aromatic N) is 1. The lowest BCUT2D eigenvalue weighted by molar-refractivity contribution is 0.291. The number of hydrogen-bond donors (Lipinski definition) is 0. The van der Waals surface area contributed by atoms with Crippen LogP contribution in [0, 0.1) is 0 Å². The Balaban J connectivity index is 2.19. The monoisotopic (exact) mass is 295 g/mol. The molecule has 104 valence electrons. The van der Waals surface area contributed by atoms with Crippen molar-refractivity contribution >= 4 is 35.3 Å². The average molecular weight is 296 g/mol. The first-order valence-corrected chi connectivity index (χ1v) is 6.98. The number of hydrogen-bond acceptors (Lipinski definition) is 2. The van der Waals surface area contributed by atoms with Crippen molar-refractivity contribution < 1.29 is 4.74 Å². The molecule has 0 spiro atoms. The van der Waals surface area contributed by atoms with Crippen molar-refractivity contribution in [2.24, 2.45) is 4.99 Å². The van der Waals surface area contributed by atoms with Gasteiger partial charge in [0.2, 0.25) is 5.90 Å². The summed E-state index contributed by atoms with van der Waals surface area (Å²) in [5.41, 5.74) is 2.71. The van der Waals surface area contributed by atoms with Crippen LogP contribution in [0.15, 0.2) is 60.1 Å². The molecule has 0 amide bonds. The van der Waals surface area contributed by atoms with E-state index in [1.807, 2.05) is 42.5 Å². The summed E-state index contributed by atoms with van der Waals surface area (Å²) in [5, 5.41) is 2.58. The van der Waals surface area contributed by atoms with Gasteiger partial charge in [0, 0.05) is 16.2 Å². The van der Waals surface area contributed by atoms with Crippen LogP contribution in [0.2, 0.25) is 5.02 Å². The third-order valence-electron chi connectivity index (χ3n) is 3.37. The normalized spacial score (nSPS) is 14.6. The van der Waals surface area contributed by atoms with Gasteiger partial charge in [0.1, 0.15) is 6.61 Å². The van der Waals surface area contributed by atoms with Crippen molar-refractivity contribution in [3.05, 3.63) is 76.1 Å². The third-order valence-corrected chi connectivity index (χ3v) is 3.61. The topological polar surface area (TPSA) is 21.6 Å². The van der Waals surface area contributed by atoms with Crippen LogP contribution in [-0.4, -0.2) is 5.90 Å². The van der Waals surface area contributed by atoms with Gasteiger partial charge in [-0.15, -0.1) is 0 Å². The first-order chi connectivity index (χ1) is 10.2. The summed E-state index contributed by atoms with van der Waals surface area (Å²) >= 11 is 5.99. The van der Waals surface area contributed by atoms with Crippen molar-refractivity contribution in [1.29, 1.82) is 0 Å². The summed E-state index contributed by atoms with van der Waals surface area (Å²) in [6, 6.07) is 13.5. The van der Waals surface area contributed by atoms with E-state index in [0.29, 0.717) is 17.5 Å². The Bertz CT molecular complexity index is 852. The minimum Gasteiger partial charge on any atom is -0.472 e. The van der Waals surface area contributed by atoms with Crippen molar-refractivity contribution in [2.45, 2.75) is 6.61 Å². The van der Waals surface area contributed by atoms with Gasteiger partial charge in [0.15, 0.2) is 0 Å². The molecule has 0 N–H and O–H groups in total. The number of rotatable bonds is 2. The third kappa shape index (κ3) is 2.63.